The van der Waals surface area contributed by atoms with E-state index in [1.54, 1.807) is 0 Å². The zero-order valence-electron chi connectivity index (χ0n) is 17.2. The van der Waals surface area contributed by atoms with Gasteiger partial charge in [0.25, 0.3) is 0 Å². The van der Waals surface area contributed by atoms with Crippen LogP contribution in [0.25, 0.3) is 0 Å². The number of hydrogen-bond donors (Lipinski definition) is 1. The summed E-state index contributed by atoms with van der Waals surface area (Å²) in [5.74, 6) is 0. The van der Waals surface area contributed by atoms with Gasteiger partial charge in [0.1, 0.15) is 0 Å². The minimum atomic E-state index is -0.0906. The highest BCUT2D eigenvalue weighted by molar-refractivity contribution is 5.69. The first-order valence-corrected chi connectivity index (χ1v) is 11.1. The summed E-state index contributed by atoms with van der Waals surface area (Å²) in [5.41, 5.74) is 3.19. The van der Waals surface area contributed by atoms with Crippen LogP contribution in [0.5, 0.6) is 0 Å². The monoisotopic (exact) mass is 383 g/mol. The highest BCUT2D eigenvalue weighted by Crippen LogP contribution is 2.45. The summed E-state index contributed by atoms with van der Waals surface area (Å²) in [6.07, 6.45) is 6.87. The molecular formula is C23H33N3O2. The molecule has 1 aromatic rings. The Bertz CT molecular complexity index is 727. The van der Waals surface area contributed by atoms with E-state index < -0.39 is 0 Å². The fraction of sp³-hybridized carbons (Fsp3) is 0.696. The number of amides is 1. The molecule has 1 amide bonds. The van der Waals surface area contributed by atoms with Gasteiger partial charge in [0.05, 0.1) is 6.10 Å². The Hall–Kier alpha value is -1.75. The van der Waals surface area contributed by atoms with Gasteiger partial charge in [-0.2, -0.15) is 0 Å². The molecule has 2 bridgehead atoms. The molecule has 5 heteroatoms. The highest BCUT2D eigenvalue weighted by atomic mass is 16.6. The van der Waals surface area contributed by atoms with Crippen molar-refractivity contribution in [2.24, 2.45) is 0 Å². The van der Waals surface area contributed by atoms with Crippen molar-refractivity contribution in [2.45, 2.75) is 82.0 Å². The molecule has 4 aliphatic heterocycles. The van der Waals surface area contributed by atoms with Gasteiger partial charge in [0.15, 0.2) is 0 Å². The molecule has 0 saturated carbocycles. The second-order valence-electron chi connectivity index (χ2n) is 9.57. The number of nitrogens with zero attached hydrogens (tertiary/aromatic N) is 2. The van der Waals surface area contributed by atoms with Gasteiger partial charge in [0.2, 0.25) is 0 Å². The van der Waals surface area contributed by atoms with E-state index in [-0.39, 0.29) is 12.2 Å². The van der Waals surface area contributed by atoms with Crippen molar-refractivity contribution < 1.29 is 9.53 Å². The lowest BCUT2D eigenvalue weighted by Gasteiger charge is -2.47. The van der Waals surface area contributed by atoms with Gasteiger partial charge in [-0.15, -0.1) is 0 Å². The zero-order valence-corrected chi connectivity index (χ0v) is 17.2. The number of fused-ring (bicyclic) bond motifs is 4. The molecule has 2 unspecified atom stereocenters. The number of piperidine rings is 2. The third-order valence-corrected chi connectivity index (χ3v) is 7.64. The second kappa shape index (κ2) is 6.94. The molecule has 5 nitrogen and oxygen atoms in total. The van der Waals surface area contributed by atoms with E-state index in [0.717, 1.165) is 32.2 Å². The third kappa shape index (κ3) is 2.99. The topological polar surface area (TPSA) is 44.8 Å². The second-order valence-corrected chi connectivity index (χ2v) is 9.57. The Morgan fingerprint density at radius 1 is 1.11 bits per heavy atom. The normalized spacial score (nSPS) is 31.1. The molecule has 2 atom stereocenters. The molecule has 1 aromatic carbocycles. The van der Waals surface area contributed by atoms with E-state index in [4.69, 9.17) is 4.74 Å². The Balaban J connectivity index is 1.23. The average molecular weight is 384 g/mol. The van der Waals surface area contributed by atoms with Crippen LogP contribution in [0.3, 0.4) is 0 Å². The van der Waals surface area contributed by atoms with Crippen molar-refractivity contribution in [3.8, 4) is 0 Å². The number of para-hydroxylation sites is 1. The summed E-state index contributed by atoms with van der Waals surface area (Å²) in [4.78, 5) is 17.3. The van der Waals surface area contributed by atoms with E-state index in [9.17, 15) is 4.79 Å². The first-order valence-electron chi connectivity index (χ1n) is 11.1. The van der Waals surface area contributed by atoms with Crippen molar-refractivity contribution in [1.82, 2.24) is 9.80 Å². The largest absolute Gasteiger partial charge is 0.447 e. The first kappa shape index (κ1) is 18.3. The van der Waals surface area contributed by atoms with Gasteiger partial charge in [-0.1, -0.05) is 18.2 Å². The summed E-state index contributed by atoms with van der Waals surface area (Å²) < 4.78 is 5.51. The van der Waals surface area contributed by atoms with Gasteiger partial charge in [-0.05, 0) is 77.1 Å². The van der Waals surface area contributed by atoms with Crippen LogP contribution in [-0.2, 0) is 10.2 Å². The minimum absolute atomic E-state index is 0.0363. The number of benzene rings is 1. The highest BCUT2D eigenvalue weighted by Gasteiger charge is 2.48. The lowest BCUT2D eigenvalue weighted by Crippen LogP contribution is -2.55. The predicted octanol–water partition coefficient (Wildman–Crippen LogP) is 3.99. The zero-order chi connectivity index (χ0) is 19.3. The predicted molar refractivity (Wildman–Crippen MR) is 111 cm³/mol. The maximum Gasteiger partial charge on any atom is 0.410 e. The maximum atomic E-state index is 12.5. The van der Waals surface area contributed by atoms with Gasteiger partial charge in [-0.25, -0.2) is 4.79 Å². The smallest absolute Gasteiger partial charge is 0.410 e. The van der Waals surface area contributed by atoms with Gasteiger partial charge < -0.3 is 19.9 Å². The van der Waals surface area contributed by atoms with Gasteiger partial charge in [-0.3, -0.25) is 0 Å². The number of nitrogens with one attached hydrogen (secondary N) is 1. The Labute approximate surface area is 168 Å². The van der Waals surface area contributed by atoms with E-state index in [1.807, 2.05) is 13.8 Å². The molecule has 4 aliphatic rings. The van der Waals surface area contributed by atoms with Crippen LogP contribution in [0.4, 0.5) is 10.5 Å². The quantitative estimate of drug-likeness (QED) is 0.839. The van der Waals surface area contributed by atoms with Crippen LogP contribution >= 0.6 is 0 Å². The van der Waals surface area contributed by atoms with Crippen LogP contribution < -0.4 is 5.32 Å². The molecule has 0 radical (unpaired) electrons. The summed E-state index contributed by atoms with van der Waals surface area (Å²) in [7, 11) is 0. The maximum absolute atomic E-state index is 12.5. The molecule has 5 rings (SSSR count). The molecule has 28 heavy (non-hydrogen) atoms. The standard InChI is InChI=1S/C23H33N3O2/c1-16(2)28-22(27)26-17-7-8-18(26)14-19(13-17)25-11-9-23(10-12-25)15-24-21-6-4-3-5-20(21)23/h3-6,16-19,24H,7-15H2,1-2H3. The Morgan fingerprint density at radius 3 is 2.46 bits per heavy atom. The number of ether oxygens (including phenoxy) is 1. The molecule has 3 fully saturated rings. The van der Waals surface area contributed by atoms with Gasteiger partial charge in [0, 0.05) is 35.8 Å². The summed E-state index contributed by atoms with van der Waals surface area (Å²) in [6, 6.07) is 10.2. The fourth-order valence-corrected chi connectivity index (χ4v) is 6.23. The molecule has 0 aliphatic carbocycles. The van der Waals surface area contributed by atoms with E-state index in [0.29, 0.717) is 23.5 Å². The molecule has 0 aromatic heterocycles. The molecule has 1 spiro atoms. The molecular weight excluding hydrogens is 350 g/mol. The summed E-state index contributed by atoms with van der Waals surface area (Å²) >= 11 is 0. The minimum Gasteiger partial charge on any atom is -0.447 e. The van der Waals surface area contributed by atoms with Crippen molar-refractivity contribution in [1.29, 1.82) is 0 Å². The number of anilines is 1. The number of rotatable bonds is 2. The fourth-order valence-electron chi connectivity index (χ4n) is 6.23. The van der Waals surface area contributed by atoms with Crippen LogP contribution in [0.2, 0.25) is 0 Å². The third-order valence-electron chi connectivity index (χ3n) is 7.64. The van der Waals surface area contributed by atoms with Gasteiger partial charge >= 0.3 is 6.09 Å². The molecule has 4 heterocycles. The van der Waals surface area contributed by atoms with Crippen LogP contribution in [0, 0.1) is 0 Å². The Kier molecular flexibility index (Phi) is 4.53. The van der Waals surface area contributed by atoms with Crippen LogP contribution in [0.1, 0.15) is 57.9 Å². The van der Waals surface area contributed by atoms with E-state index in [1.165, 1.54) is 37.2 Å². The van der Waals surface area contributed by atoms with Crippen molar-refractivity contribution >= 4 is 11.8 Å². The van der Waals surface area contributed by atoms with E-state index >= 15 is 0 Å². The van der Waals surface area contributed by atoms with Crippen LogP contribution in [0.15, 0.2) is 24.3 Å². The number of hydrogen-bond acceptors (Lipinski definition) is 4. The van der Waals surface area contributed by atoms with Crippen molar-refractivity contribution in [2.75, 3.05) is 25.0 Å². The molecule has 1 N–H and O–H groups in total. The summed E-state index contributed by atoms with van der Waals surface area (Å²) in [6.45, 7) is 7.32. The lowest BCUT2D eigenvalue weighted by molar-refractivity contribution is 0.0178. The molecule has 3 saturated heterocycles. The van der Waals surface area contributed by atoms with Crippen LogP contribution in [-0.4, -0.2) is 59.8 Å². The number of carbonyl (C=O) groups is 1. The Morgan fingerprint density at radius 2 is 1.79 bits per heavy atom. The number of carbonyl (C=O) groups excluding carboxylic acids is 1. The van der Waals surface area contributed by atoms with E-state index in [2.05, 4.69) is 39.4 Å². The first-order chi connectivity index (χ1) is 13.6. The summed E-state index contributed by atoms with van der Waals surface area (Å²) in [5, 5.41) is 3.64. The SMILES string of the molecule is CC(C)OC(=O)N1C2CCC1CC(N1CCC3(CC1)CNc1ccccc13)C2. The van der Waals surface area contributed by atoms with Crippen molar-refractivity contribution in [3.05, 3.63) is 29.8 Å². The van der Waals surface area contributed by atoms with Crippen molar-refractivity contribution in [3.63, 3.8) is 0 Å². The molecule has 152 valence electrons. The lowest BCUT2D eigenvalue weighted by atomic mass is 9.74. The average Bonchev–Trinajstić information content (AvgIpc) is 3.17. The number of likely N-dealkylation sites (tertiary alicyclic amines) is 1.